The first-order valence-corrected chi connectivity index (χ1v) is 7.80. The van der Waals surface area contributed by atoms with Gasteiger partial charge in [-0.25, -0.2) is 4.98 Å². The van der Waals surface area contributed by atoms with E-state index in [2.05, 4.69) is 44.5 Å². The molecule has 0 aliphatic rings. The van der Waals surface area contributed by atoms with Gasteiger partial charge in [-0.05, 0) is 42.0 Å². The van der Waals surface area contributed by atoms with Crippen LogP contribution in [0.3, 0.4) is 0 Å². The highest BCUT2D eigenvalue weighted by atomic mass is 16.3. The maximum absolute atomic E-state index is 5.71. The van der Waals surface area contributed by atoms with Crippen LogP contribution < -0.4 is 5.32 Å². The van der Waals surface area contributed by atoms with Gasteiger partial charge in [0.15, 0.2) is 11.2 Å². The topological polar surface area (TPSA) is 63.8 Å². The Morgan fingerprint density at radius 2 is 1.75 bits per heavy atom. The maximum Gasteiger partial charge on any atom is 0.201 e. The first-order chi connectivity index (χ1) is 11.9. The first kappa shape index (κ1) is 14.4. The molecule has 0 saturated carbocycles. The number of hydrogen-bond acceptors (Lipinski definition) is 5. The number of benzene rings is 1. The zero-order valence-electron chi connectivity index (χ0n) is 13.0. The Labute approximate surface area is 139 Å². The summed E-state index contributed by atoms with van der Waals surface area (Å²) in [6.45, 7) is 0.705. The van der Waals surface area contributed by atoms with E-state index in [1.807, 2.05) is 30.3 Å². The fourth-order valence-corrected chi connectivity index (χ4v) is 2.50. The van der Waals surface area contributed by atoms with Crippen LogP contribution in [-0.4, -0.2) is 15.0 Å². The summed E-state index contributed by atoms with van der Waals surface area (Å²) in [6, 6.07) is 17.9. The van der Waals surface area contributed by atoms with Crippen molar-refractivity contribution in [2.24, 2.45) is 0 Å². The van der Waals surface area contributed by atoms with E-state index in [0.717, 1.165) is 22.5 Å². The van der Waals surface area contributed by atoms with Gasteiger partial charge in [-0.2, -0.15) is 4.98 Å². The summed E-state index contributed by atoms with van der Waals surface area (Å²) in [5.74, 6) is 0.679. The molecule has 5 nitrogen and oxygen atoms in total. The molecule has 4 aromatic rings. The molecule has 1 aromatic carbocycles. The normalized spacial score (nSPS) is 10.8. The van der Waals surface area contributed by atoms with Crippen molar-refractivity contribution in [2.75, 3.05) is 5.32 Å². The number of fused-ring (bicyclic) bond motifs is 1. The quantitative estimate of drug-likeness (QED) is 0.606. The molecule has 0 amide bonds. The van der Waals surface area contributed by atoms with Gasteiger partial charge in [0, 0.05) is 24.5 Å². The van der Waals surface area contributed by atoms with E-state index in [4.69, 9.17) is 4.42 Å². The molecule has 0 aliphatic carbocycles. The minimum atomic E-state index is 0.650. The maximum atomic E-state index is 5.71. The van der Waals surface area contributed by atoms with Crippen molar-refractivity contribution in [3.63, 3.8) is 0 Å². The van der Waals surface area contributed by atoms with E-state index in [1.165, 1.54) is 0 Å². The molecule has 0 atom stereocenters. The molecule has 1 N–H and O–H groups in total. The Bertz CT molecular complexity index is 899. The second kappa shape index (κ2) is 6.50. The number of aromatic nitrogens is 3. The van der Waals surface area contributed by atoms with Gasteiger partial charge in [0.05, 0.1) is 12.2 Å². The predicted octanol–water partition coefficient (Wildman–Crippen LogP) is 3.82. The van der Waals surface area contributed by atoms with E-state index in [-0.39, 0.29) is 0 Å². The lowest BCUT2D eigenvalue weighted by molar-refractivity contribution is 0.544. The summed E-state index contributed by atoms with van der Waals surface area (Å²) >= 11 is 0. The molecule has 0 bridgehead atoms. The Hall–Kier alpha value is -3.21. The third kappa shape index (κ3) is 3.25. The Morgan fingerprint density at radius 1 is 0.875 bits per heavy atom. The minimum Gasteiger partial charge on any atom is -0.439 e. The molecule has 0 radical (unpaired) electrons. The SMILES string of the molecule is c1ccc(CNc2ccc(Cc3nc4ncccc4o3)cc2)nc1. The highest BCUT2D eigenvalue weighted by Gasteiger charge is 2.07. The number of pyridine rings is 2. The lowest BCUT2D eigenvalue weighted by Gasteiger charge is -2.06. The van der Waals surface area contributed by atoms with E-state index in [1.54, 1.807) is 12.4 Å². The Morgan fingerprint density at radius 3 is 2.54 bits per heavy atom. The molecule has 0 fully saturated rings. The van der Waals surface area contributed by atoms with Crippen molar-refractivity contribution in [1.82, 2.24) is 15.0 Å². The van der Waals surface area contributed by atoms with E-state index >= 15 is 0 Å². The van der Waals surface area contributed by atoms with Crippen molar-refractivity contribution < 1.29 is 4.42 Å². The van der Waals surface area contributed by atoms with E-state index in [9.17, 15) is 0 Å². The van der Waals surface area contributed by atoms with E-state index < -0.39 is 0 Å². The Kier molecular flexibility index (Phi) is 3.90. The summed E-state index contributed by atoms with van der Waals surface area (Å²) in [6.07, 6.45) is 4.17. The summed E-state index contributed by atoms with van der Waals surface area (Å²) < 4.78 is 5.71. The van der Waals surface area contributed by atoms with Crippen LogP contribution in [0.5, 0.6) is 0 Å². The molecule has 118 valence electrons. The summed E-state index contributed by atoms with van der Waals surface area (Å²) in [5.41, 5.74) is 4.59. The van der Waals surface area contributed by atoms with Crippen molar-refractivity contribution in [2.45, 2.75) is 13.0 Å². The molecular weight excluding hydrogens is 300 g/mol. The molecule has 0 aliphatic heterocycles. The molecule has 24 heavy (non-hydrogen) atoms. The van der Waals surface area contributed by atoms with Gasteiger partial charge in [-0.3, -0.25) is 4.98 Å². The third-order valence-electron chi connectivity index (χ3n) is 3.72. The standard InChI is InChI=1S/C19H16N4O/c1-2-10-20-16(4-1)13-22-15-8-6-14(7-9-15)12-18-23-19-17(24-18)5-3-11-21-19/h1-11,22H,12-13H2. The molecule has 0 unspecified atom stereocenters. The number of nitrogens with zero attached hydrogens (tertiary/aromatic N) is 3. The van der Waals surface area contributed by atoms with E-state index in [0.29, 0.717) is 24.5 Å². The zero-order valence-corrected chi connectivity index (χ0v) is 13.0. The fourth-order valence-electron chi connectivity index (χ4n) is 2.50. The van der Waals surface area contributed by atoms with Crippen LogP contribution in [0.1, 0.15) is 17.1 Å². The van der Waals surface area contributed by atoms with Crippen LogP contribution in [-0.2, 0) is 13.0 Å². The van der Waals surface area contributed by atoms with Crippen LogP contribution in [0, 0.1) is 0 Å². The van der Waals surface area contributed by atoms with Gasteiger partial charge in [-0.1, -0.05) is 18.2 Å². The van der Waals surface area contributed by atoms with Crippen LogP contribution in [0.4, 0.5) is 5.69 Å². The predicted molar refractivity (Wildman–Crippen MR) is 92.6 cm³/mol. The van der Waals surface area contributed by atoms with Gasteiger partial charge < -0.3 is 9.73 Å². The van der Waals surface area contributed by atoms with Crippen molar-refractivity contribution in [3.05, 3.63) is 84.1 Å². The molecule has 5 heteroatoms. The molecular formula is C19H16N4O. The zero-order chi connectivity index (χ0) is 16.2. The van der Waals surface area contributed by atoms with Gasteiger partial charge >= 0.3 is 0 Å². The molecule has 0 spiro atoms. The highest BCUT2D eigenvalue weighted by molar-refractivity contribution is 5.67. The number of hydrogen-bond donors (Lipinski definition) is 1. The largest absolute Gasteiger partial charge is 0.439 e. The van der Waals surface area contributed by atoms with Gasteiger partial charge in [0.25, 0.3) is 0 Å². The number of oxazole rings is 1. The number of anilines is 1. The Balaban J connectivity index is 1.41. The summed E-state index contributed by atoms with van der Waals surface area (Å²) in [4.78, 5) is 12.9. The fraction of sp³-hybridized carbons (Fsp3) is 0.105. The second-order valence-corrected chi connectivity index (χ2v) is 5.48. The smallest absolute Gasteiger partial charge is 0.201 e. The monoisotopic (exact) mass is 316 g/mol. The van der Waals surface area contributed by atoms with Crippen molar-refractivity contribution in [3.8, 4) is 0 Å². The lowest BCUT2D eigenvalue weighted by atomic mass is 10.1. The summed E-state index contributed by atoms with van der Waals surface area (Å²) in [5, 5.41) is 3.36. The lowest BCUT2D eigenvalue weighted by Crippen LogP contribution is -2.01. The number of rotatable bonds is 5. The van der Waals surface area contributed by atoms with Gasteiger partial charge in [0.1, 0.15) is 0 Å². The van der Waals surface area contributed by atoms with Crippen molar-refractivity contribution in [1.29, 1.82) is 0 Å². The molecule has 4 rings (SSSR count). The number of nitrogens with one attached hydrogen (secondary N) is 1. The van der Waals surface area contributed by atoms with Crippen molar-refractivity contribution >= 4 is 16.9 Å². The highest BCUT2D eigenvalue weighted by Crippen LogP contribution is 2.17. The third-order valence-corrected chi connectivity index (χ3v) is 3.72. The average molecular weight is 316 g/mol. The molecule has 3 heterocycles. The minimum absolute atomic E-state index is 0.650. The summed E-state index contributed by atoms with van der Waals surface area (Å²) in [7, 11) is 0. The van der Waals surface area contributed by atoms with Crippen LogP contribution in [0.15, 0.2) is 71.4 Å². The average Bonchev–Trinajstić information content (AvgIpc) is 3.04. The second-order valence-electron chi connectivity index (χ2n) is 5.48. The van der Waals surface area contributed by atoms with Crippen LogP contribution >= 0.6 is 0 Å². The van der Waals surface area contributed by atoms with Gasteiger partial charge in [0.2, 0.25) is 5.89 Å². The van der Waals surface area contributed by atoms with Crippen LogP contribution in [0.25, 0.3) is 11.2 Å². The van der Waals surface area contributed by atoms with Crippen LogP contribution in [0.2, 0.25) is 0 Å². The molecule has 3 aromatic heterocycles. The van der Waals surface area contributed by atoms with Gasteiger partial charge in [-0.15, -0.1) is 0 Å². The molecule has 0 saturated heterocycles. The first-order valence-electron chi connectivity index (χ1n) is 7.80.